The maximum atomic E-state index is 5.80. The van der Waals surface area contributed by atoms with Crippen LogP contribution in [0.4, 0.5) is 0 Å². The molecular formula is C14H22N2O2. The molecule has 4 nitrogen and oxygen atoms in total. The van der Waals surface area contributed by atoms with Crippen molar-refractivity contribution in [2.45, 2.75) is 51.2 Å². The molecule has 1 saturated heterocycles. The van der Waals surface area contributed by atoms with Crippen molar-refractivity contribution < 1.29 is 9.15 Å². The minimum Gasteiger partial charge on any atom is -0.443 e. The summed E-state index contributed by atoms with van der Waals surface area (Å²) in [7, 11) is 0. The molecule has 3 rings (SSSR count). The monoisotopic (exact) mass is 250 g/mol. The van der Waals surface area contributed by atoms with Gasteiger partial charge in [-0.25, -0.2) is 4.98 Å². The lowest BCUT2D eigenvalue weighted by atomic mass is 10.0. The minimum atomic E-state index is 0.121. The predicted molar refractivity (Wildman–Crippen MR) is 68.3 cm³/mol. The minimum absolute atomic E-state index is 0.121. The first-order chi connectivity index (χ1) is 8.83. The van der Waals surface area contributed by atoms with Crippen LogP contribution in [0.1, 0.15) is 50.4 Å². The highest BCUT2D eigenvalue weighted by molar-refractivity contribution is 5.01. The highest BCUT2D eigenvalue weighted by Gasteiger charge is 2.29. The van der Waals surface area contributed by atoms with Crippen molar-refractivity contribution >= 4 is 0 Å². The summed E-state index contributed by atoms with van der Waals surface area (Å²) in [6.07, 6.45) is 7.79. The van der Waals surface area contributed by atoms with Gasteiger partial charge < -0.3 is 14.5 Å². The Balaban J connectivity index is 1.46. The summed E-state index contributed by atoms with van der Waals surface area (Å²) >= 11 is 0. The molecule has 1 aliphatic heterocycles. The van der Waals surface area contributed by atoms with E-state index in [-0.39, 0.29) is 6.10 Å². The molecule has 1 N–H and O–H groups in total. The summed E-state index contributed by atoms with van der Waals surface area (Å²) < 4.78 is 11.5. The standard InChI is InChI=1S/C14H22N2O2/c1-10-6-8-17-14(10)12-9-16-13(18-12)3-2-7-15-11-4-5-11/h9-11,14-15H,2-8H2,1H3. The number of oxazole rings is 1. The number of aromatic nitrogens is 1. The Kier molecular flexibility index (Phi) is 3.66. The van der Waals surface area contributed by atoms with Gasteiger partial charge in [0.05, 0.1) is 6.20 Å². The topological polar surface area (TPSA) is 47.3 Å². The highest BCUT2D eigenvalue weighted by atomic mass is 16.5. The smallest absolute Gasteiger partial charge is 0.194 e. The molecule has 2 fully saturated rings. The summed E-state index contributed by atoms with van der Waals surface area (Å²) in [5.41, 5.74) is 0. The fourth-order valence-corrected chi connectivity index (χ4v) is 2.46. The van der Waals surface area contributed by atoms with E-state index in [4.69, 9.17) is 9.15 Å². The summed E-state index contributed by atoms with van der Waals surface area (Å²) in [6.45, 7) is 4.12. The number of rotatable bonds is 6. The fraction of sp³-hybridized carbons (Fsp3) is 0.786. The van der Waals surface area contributed by atoms with Crippen LogP contribution in [0, 0.1) is 5.92 Å². The van der Waals surface area contributed by atoms with Gasteiger partial charge in [-0.05, 0) is 38.1 Å². The van der Waals surface area contributed by atoms with Crippen molar-refractivity contribution in [2.75, 3.05) is 13.2 Å². The maximum Gasteiger partial charge on any atom is 0.194 e. The van der Waals surface area contributed by atoms with Gasteiger partial charge in [0.25, 0.3) is 0 Å². The Morgan fingerprint density at radius 1 is 1.39 bits per heavy atom. The van der Waals surface area contributed by atoms with E-state index in [1.54, 1.807) is 0 Å². The van der Waals surface area contributed by atoms with Gasteiger partial charge >= 0.3 is 0 Å². The second-order valence-electron chi connectivity index (χ2n) is 5.55. The predicted octanol–water partition coefficient (Wildman–Crippen LogP) is 2.46. The van der Waals surface area contributed by atoms with Crippen molar-refractivity contribution in [3.05, 3.63) is 17.8 Å². The van der Waals surface area contributed by atoms with Crippen LogP contribution < -0.4 is 5.32 Å². The van der Waals surface area contributed by atoms with Crippen LogP contribution in [0.2, 0.25) is 0 Å². The van der Waals surface area contributed by atoms with Crippen molar-refractivity contribution in [3.63, 3.8) is 0 Å². The van der Waals surface area contributed by atoms with Crippen molar-refractivity contribution in [3.8, 4) is 0 Å². The zero-order chi connectivity index (χ0) is 12.4. The Labute approximate surface area is 108 Å². The summed E-state index contributed by atoms with van der Waals surface area (Å²) in [5.74, 6) is 2.30. The van der Waals surface area contributed by atoms with Crippen LogP contribution in [0.15, 0.2) is 10.6 Å². The molecule has 0 spiro atoms. The number of hydrogen-bond donors (Lipinski definition) is 1. The van der Waals surface area contributed by atoms with Crippen molar-refractivity contribution in [2.24, 2.45) is 5.92 Å². The SMILES string of the molecule is CC1CCOC1c1cnc(CCCNC2CC2)o1. The number of aryl methyl sites for hydroxylation is 1. The first-order valence-corrected chi connectivity index (χ1v) is 7.12. The van der Waals surface area contributed by atoms with E-state index in [1.165, 1.54) is 12.8 Å². The second kappa shape index (κ2) is 5.41. The molecule has 2 aliphatic rings. The molecular weight excluding hydrogens is 228 g/mol. The molecule has 1 saturated carbocycles. The van der Waals surface area contributed by atoms with Gasteiger partial charge in [0, 0.05) is 19.1 Å². The first-order valence-electron chi connectivity index (χ1n) is 7.12. The number of ether oxygens (including phenoxy) is 1. The second-order valence-corrected chi connectivity index (χ2v) is 5.55. The van der Waals surface area contributed by atoms with Crippen LogP contribution >= 0.6 is 0 Å². The summed E-state index contributed by atoms with van der Waals surface area (Å²) in [4.78, 5) is 4.35. The largest absolute Gasteiger partial charge is 0.443 e. The van der Waals surface area contributed by atoms with Gasteiger partial charge in [0.1, 0.15) is 6.10 Å². The lowest BCUT2D eigenvalue weighted by molar-refractivity contribution is 0.0749. The first kappa shape index (κ1) is 12.2. The average molecular weight is 250 g/mol. The van der Waals surface area contributed by atoms with E-state index in [0.717, 1.165) is 50.1 Å². The molecule has 2 unspecified atom stereocenters. The van der Waals surface area contributed by atoms with Crippen LogP contribution in [0.3, 0.4) is 0 Å². The Bertz CT molecular complexity index is 387. The fourth-order valence-electron chi connectivity index (χ4n) is 2.46. The molecule has 1 aromatic heterocycles. The zero-order valence-electron chi connectivity index (χ0n) is 11.0. The lowest BCUT2D eigenvalue weighted by Crippen LogP contribution is -2.17. The Morgan fingerprint density at radius 2 is 2.28 bits per heavy atom. The van der Waals surface area contributed by atoms with Gasteiger partial charge in [-0.15, -0.1) is 0 Å². The lowest BCUT2D eigenvalue weighted by Gasteiger charge is -2.10. The third-order valence-electron chi connectivity index (χ3n) is 3.82. The van der Waals surface area contributed by atoms with E-state index >= 15 is 0 Å². The number of nitrogens with one attached hydrogen (secondary N) is 1. The molecule has 0 amide bonds. The van der Waals surface area contributed by atoms with Crippen LogP contribution in [0.25, 0.3) is 0 Å². The van der Waals surface area contributed by atoms with Gasteiger partial charge in [-0.3, -0.25) is 0 Å². The molecule has 100 valence electrons. The van der Waals surface area contributed by atoms with Crippen molar-refractivity contribution in [1.82, 2.24) is 10.3 Å². The van der Waals surface area contributed by atoms with E-state index in [9.17, 15) is 0 Å². The van der Waals surface area contributed by atoms with Gasteiger partial charge in [-0.1, -0.05) is 6.92 Å². The average Bonchev–Trinajstić information content (AvgIpc) is 2.90. The van der Waals surface area contributed by atoms with Gasteiger partial charge in [-0.2, -0.15) is 0 Å². The molecule has 2 atom stereocenters. The quantitative estimate of drug-likeness (QED) is 0.788. The Hall–Kier alpha value is -0.870. The molecule has 0 aromatic carbocycles. The van der Waals surface area contributed by atoms with Gasteiger partial charge in [0.15, 0.2) is 11.7 Å². The van der Waals surface area contributed by atoms with E-state index < -0.39 is 0 Å². The van der Waals surface area contributed by atoms with E-state index in [1.807, 2.05) is 6.20 Å². The molecule has 1 aliphatic carbocycles. The number of hydrogen-bond acceptors (Lipinski definition) is 4. The molecule has 2 heterocycles. The van der Waals surface area contributed by atoms with Crippen LogP contribution in [-0.2, 0) is 11.2 Å². The maximum absolute atomic E-state index is 5.80. The molecule has 4 heteroatoms. The summed E-state index contributed by atoms with van der Waals surface area (Å²) in [6, 6.07) is 0.790. The Morgan fingerprint density at radius 3 is 3.00 bits per heavy atom. The van der Waals surface area contributed by atoms with Crippen LogP contribution in [0.5, 0.6) is 0 Å². The zero-order valence-corrected chi connectivity index (χ0v) is 11.0. The van der Waals surface area contributed by atoms with Gasteiger partial charge in [0.2, 0.25) is 0 Å². The molecule has 0 bridgehead atoms. The third-order valence-corrected chi connectivity index (χ3v) is 3.82. The van der Waals surface area contributed by atoms with E-state index in [2.05, 4.69) is 17.2 Å². The normalized spacial score (nSPS) is 27.8. The highest BCUT2D eigenvalue weighted by Crippen LogP contribution is 2.34. The summed E-state index contributed by atoms with van der Waals surface area (Å²) in [5, 5.41) is 3.50. The molecule has 0 radical (unpaired) electrons. The van der Waals surface area contributed by atoms with Crippen molar-refractivity contribution in [1.29, 1.82) is 0 Å². The molecule has 1 aromatic rings. The third kappa shape index (κ3) is 2.93. The number of nitrogens with zero attached hydrogens (tertiary/aromatic N) is 1. The van der Waals surface area contributed by atoms with Crippen LogP contribution in [-0.4, -0.2) is 24.2 Å². The molecule has 18 heavy (non-hydrogen) atoms. The van der Waals surface area contributed by atoms with E-state index in [0.29, 0.717) is 5.92 Å².